The lowest BCUT2D eigenvalue weighted by Gasteiger charge is -2.13. The molecular formula is C16H25NO3. The molecule has 4 nitrogen and oxygen atoms in total. The number of nitrogens with one attached hydrogen (secondary N) is 1. The molecule has 0 heterocycles. The molecule has 4 heteroatoms. The molecule has 1 fully saturated rings. The summed E-state index contributed by atoms with van der Waals surface area (Å²) in [6.45, 7) is 1.80. The number of phenols is 1. The second-order valence-electron chi connectivity index (χ2n) is 5.46. The summed E-state index contributed by atoms with van der Waals surface area (Å²) in [6.07, 6.45) is 6.84. The number of phenolic OH excluding ortho intramolecular Hbond substituents is 1. The van der Waals surface area contributed by atoms with Crippen molar-refractivity contribution in [1.82, 2.24) is 5.32 Å². The lowest BCUT2D eigenvalue weighted by molar-refractivity contribution is 0.339. The van der Waals surface area contributed by atoms with Gasteiger partial charge < -0.3 is 19.9 Å². The molecule has 2 rings (SSSR count). The predicted octanol–water partition coefficient (Wildman–Crippen LogP) is 3.08. The van der Waals surface area contributed by atoms with Crippen molar-refractivity contribution in [2.75, 3.05) is 20.8 Å². The average molecular weight is 279 g/mol. The van der Waals surface area contributed by atoms with Crippen LogP contribution < -0.4 is 14.8 Å². The van der Waals surface area contributed by atoms with Crippen LogP contribution in [0.2, 0.25) is 0 Å². The Morgan fingerprint density at radius 3 is 2.30 bits per heavy atom. The Morgan fingerprint density at radius 1 is 1.15 bits per heavy atom. The van der Waals surface area contributed by atoms with E-state index in [1.807, 2.05) is 12.1 Å². The van der Waals surface area contributed by atoms with Crippen LogP contribution in [0.1, 0.15) is 37.7 Å². The van der Waals surface area contributed by atoms with E-state index in [-0.39, 0.29) is 5.75 Å². The zero-order chi connectivity index (χ0) is 14.4. The Hall–Kier alpha value is -1.42. The van der Waals surface area contributed by atoms with Crippen LogP contribution in [0.3, 0.4) is 0 Å². The van der Waals surface area contributed by atoms with Gasteiger partial charge in [-0.2, -0.15) is 0 Å². The molecule has 2 N–H and O–H groups in total. The molecule has 0 radical (unpaired) electrons. The van der Waals surface area contributed by atoms with E-state index in [0.717, 1.165) is 24.6 Å². The summed E-state index contributed by atoms with van der Waals surface area (Å²) in [5.41, 5.74) is 1.06. The largest absolute Gasteiger partial charge is 0.502 e. The molecule has 0 unspecified atom stereocenters. The van der Waals surface area contributed by atoms with Gasteiger partial charge in [-0.3, -0.25) is 0 Å². The first-order valence-corrected chi connectivity index (χ1v) is 7.39. The molecule has 0 spiro atoms. The molecule has 0 aliphatic heterocycles. The number of methoxy groups -OCH3 is 2. The smallest absolute Gasteiger partial charge is 0.200 e. The van der Waals surface area contributed by atoms with Crippen LogP contribution in [0.5, 0.6) is 17.2 Å². The standard InChI is InChI=1S/C16H25NO3/c1-19-14-9-13(10-15(20-2)16(14)18)11-17-8-7-12-5-3-4-6-12/h9-10,12,17-18H,3-8,11H2,1-2H3. The molecule has 1 aliphatic carbocycles. The van der Waals surface area contributed by atoms with Crippen LogP contribution in [-0.2, 0) is 6.54 Å². The van der Waals surface area contributed by atoms with E-state index in [9.17, 15) is 5.11 Å². The van der Waals surface area contributed by atoms with E-state index in [0.29, 0.717) is 11.5 Å². The monoisotopic (exact) mass is 279 g/mol. The SMILES string of the molecule is COc1cc(CNCCC2CCCC2)cc(OC)c1O. The first-order chi connectivity index (χ1) is 9.74. The summed E-state index contributed by atoms with van der Waals surface area (Å²) in [5.74, 6) is 1.88. The van der Waals surface area contributed by atoms with Gasteiger partial charge in [-0.1, -0.05) is 25.7 Å². The predicted molar refractivity (Wildman–Crippen MR) is 79.5 cm³/mol. The molecule has 112 valence electrons. The van der Waals surface area contributed by atoms with Gasteiger partial charge in [0.1, 0.15) is 0 Å². The number of aromatic hydroxyl groups is 1. The fourth-order valence-electron chi connectivity index (χ4n) is 2.89. The fourth-order valence-corrected chi connectivity index (χ4v) is 2.89. The number of rotatable bonds is 7. The normalized spacial score (nSPS) is 15.5. The van der Waals surface area contributed by atoms with Gasteiger partial charge in [-0.15, -0.1) is 0 Å². The molecule has 0 saturated heterocycles. The minimum absolute atomic E-state index is 0.0599. The summed E-state index contributed by atoms with van der Waals surface area (Å²) in [4.78, 5) is 0. The van der Waals surface area contributed by atoms with Crippen molar-refractivity contribution in [3.8, 4) is 17.2 Å². The molecule has 1 aromatic carbocycles. The van der Waals surface area contributed by atoms with Gasteiger partial charge >= 0.3 is 0 Å². The maximum absolute atomic E-state index is 9.86. The van der Waals surface area contributed by atoms with Crippen molar-refractivity contribution in [3.63, 3.8) is 0 Å². The van der Waals surface area contributed by atoms with Gasteiger partial charge in [-0.25, -0.2) is 0 Å². The highest BCUT2D eigenvalue weighted by atomic mass is 16.5. The summed E-state index contributed by atoms with van der Waals surface area (Å²) in [6, 6.07) is 3.70. The van der Waals surface area contributed by atoms with Gasteiger partial charge in [0.25, 0.3) is 0 Å². The van der Waals surface area contributed by atoms with Crippen LogP contribution in [-0.4, -0.2) is 25.9 Å². The Bertz CT molecular complexity index is 403. The zero-order valence-electron chi connectivity index (χ0n) is 12.4. The molecule has 1 aromatic rings. The molecule has 0 aromatic heterocycles. The first kappa shape index (κ1) is 15.0. The second kappa shape index (κ2) is 7.39. The van der Waals surface area contributed by atoms with E-state index in [1.54, 1.807) is 14.2 Å². The molecule has 1 aliphatic rings. The molecule has 0 bridgehead atoms. The zero-order valence-corrected chi connectivity index (χ0v) is 12.4. The van der Waals surface area contributed by atoms with E-state index < -0.39 is 0 Å². The number of benzene rings is 1. The van der Waals surface area contributed by atoms with Crippen LogP contribution in [0.15, 0.2) is 12.1 Å². The van der Waals surface area contributed by atoms with Crippen LogP contribution in [0.25, 0.3) is 0 Å². The highest BCUT2D eigenvalue weighted by molar-refractivity contribution is 5.52. The molecule has 0 atom stereocenters. The van der Waals surface area contributed by atoms with E-state index in [1.165, 1.54) is 32.1 Å². The number of ether oxygens (including phenoxy) is 2. The maximum atomic E-state index is 9.86. The summed E-state index contributed by atoms with van der Waals surface area (Å²) < 4.78 is 10.3. The van der Waals surface area contributed by atoms with E-state index in [4.69, 9.17) is 9.47 Å². The Kier molecular flexibility index (Phi) is 5.53. The van der Waals surface area contributed by atoms with E-state index in [2.05, 4.69) is 5.32 Å². The van der Waals surface area contributed by atoms with E-state index >= 15 is 0 Å². The van der Waals surface area contributed by atoms with Crippen molar-refractivity contribution in [3.05, 3.63) is 17.7 Å². The quantitative estimate of drug-likeness (QED) is 0.753. The highest BCUT2D eigenvalue weighted by Gasteiger charge is 2.14. The second-order valence-corrected chi connectivity index (χ2v) is 5.46. The van der Waals surface area contributed by atoms with Crippen LogP contribution in [0, 0.1) is 5.92 Å². The minimum atomic E-state index is 0.0599. The number of hydrogen-bond acceptors (Lipinski definition) is 4. The Balaban J connectivity index is 1.85. The lowest BCUT2D eigenvalue weighted by Crippen LogP contribution is -2.17. The molecule has 0 amide bonds. The third-order valence-corrected chi connectivity index (χ3v) is 4.07. The molecular weight excluding hydrogens is 254 g/mol. The average Bonchev–Trinajstić information content (AvgIpc) is 2.98. The van der Waals surface area contributed by atoms with Crippen molar-refractivity contribution in [2.24, 2.45) is 5.92 Å². The van der Waals surface area contributed by atoms with Gasteiger partial charge in [0.05, 0.1) is 14.2 Å². The van der Waals surface area contributed by atoms with Gasteiger partial charge in [0.2, 0.25) is 5.75 Å². The minimum Gasteiger partial charge on any atom is -0.502 e. The number of hydrogen-bond donors (Lipinski definition) is 2. The van der Waals surface area contributed by atoms with Crippen molar-refractivity contribution in [1.29, 1.82) is 0 Å². The maximum Gasteiger partial charge on any atom is 0.200 e. The Labute approximate surface area is 121 Å². The van der Waals surface area contributed by atoms with Gasteiger partial charge in [0, 0.05) is 6.54 Å². The molecule has 20 heavy (non-hydrogen) atoms. The third-order valence-electron chi connectivity index (χ3n) is 4.07. The molecule has 1 saturated carbocycles. The van der Waals surface area contributed by atoms with Crippen molar-refractivity contribution in [2.45, 2.75) is 38.6 Å². The summed E-state index contributed by atoms with van der Waals surface area (Å²) in [7, 11) is 3.09. The first-order valence-electron chi connectivity index (χ1n) is 7.39. The highest BCUT2D eigenvalue weighted by Crippen LogP contribution is 2.37. The summed E-state index contributed by atoms with van der Waals surface area (Å²) in [5, 5.41) is 13.3. The lowest BCUT2D eigenvalue weighted by atomic mass is 10.0. The van der Waals surface area contributed by atoms with Crippen LogP contribution in [0.4, 0.5) is 0 Å². The van der Waals surface area contributed by atoms with Crippen molar-refractivity contribution >= 4 is 0 Å². The van der Waals surface area contributed by atoms with Gasteiger partial charge in [0.15, 0.2) is 11.5 Å². The topological polar surface area (TPSA) is 50.7 Å². The Morgan fingerprint density at radius 2 is 1.75 bits per heavy atom. The van der Waals surface area contributed by atoms with Crippen LogP contribution >= 0.6 is 0 Å². The fraction of sp³-hybridized carbons (Fsp3) is 0.625. The van der Waals surface area contributed by atoms with Gasteiger partial charge in [-0.05, 0) is 36.6 Å². The summed E-state index contributed by atoms with van der Waals surface area (Å²) >= 11 is 0. The third kappa shape index (κ3) is 3.79. The van der Waals surface area contributed by atoms with Crippen molar-refractivity contribution < 1.29 is 14.6 Å².